The maximum absolute atomic E-state index is 9.88. The van der Waals surface area contributed by atoms with Crippen LogP contribution in [-0.2, 0) is 5.41 Å². The average molecular weight is 715 g/mol. The molecule has 0 saturated carbocycles. The Balaban J connectivity index is 1.19. The Kier molecular flexibility index (Phi) is 5.99. The van der Waals surface area contributed by atoms with Gasteiger partial charge in [0.25, 0.3) is 0 Å². The molecule has 0 saturated heterocycles. The van der Waals surface area contributed by atoms with Gasteiger partial charge in [-0.15, -0.1) is 0 Å². The Morgan fingerprint density at radius 2 is 1.07 bits per heavy atom. The van der Waals surface area contributed by atoms with Crippen molar-refractivity contribution in [3.05, 3.63) is 191 Å². The first-order chi connectivity index (χ1) is 27.7. The zero-order chi connectivity index (χ0) is 37.1. The molecular formula is C49H26N6O. The molecule has 258 valence electrons. The molecule has 1 aliphatic heterocycles. The molecule has 0 N–H and O–H groups in total. The van der Waals surface area contributed by atoms with Crippen molar-refractivity contribution in [2.45, 2.75) is 5.41 Å². The van der Waals surface area contributed by atoms with E-state index in [9.17, 15) is 10.5 Å². The molecule has 2 aliphatic rings. The van der Waals surface area contributed by atoms with Gasteiger partial charge in [0.05, 0.1) is 67.8 Å². The van der Waals surface area contributed by atoms with Gasteiger partial charge >= 0.3 is 0 Å². The number of para-hydroxylation sites is 2. The Labute approximate surface area is 320 Å². The van der Waals surface area contributed by atoms with Crippen molar-refractivity contribution in [3.8, 4) is 46.4 Å². The Bertz CT molecular complexity index is 3400. The number of nitriles is 2. The van der Waals surface area contributed by atoms with Crippen molar-refractivity contribution in [1.82, 2.24) is 19.1 Å². The van der Waals surface area contributed by atoms with Gasteiger partial charge in [0.2, 0.25) is 0 Å². The standard InChI is InChI=1S/C49H26N6O/c50-27-29-16-20-41-34(24-29)32-8-1-3-12-39(32)54(41)31-18-19-36-45(26-31)56-44-15-5-14-43(55-40-13-4-2-9-33(40)35-25-30(28-51)17-21-42(35)55)46(44)49(36)37-10-6-22-52-47(37)48-38(49)11-7-23-53-48/h1-26H. The predicted octanol–water partition coefficient (Wildman–Crippen LogP) is 10.9. The summed E-state index contributed by atoms with van der Waals surface area (Å²) in [6, 6.07) is 54.3. The lowest BCUT2D eigenvalue weighted by Gasteiger charge is -2.40. The molecule has 5 heterocycles. The number of hydrogen-bond acceptors (Lipinski definition) is 5. The number of pyridine rings is 2. The lowest BCUT2D eigenvalue weighted by molar-refractivity contribution is 0.435. The zero-order valence-corrected chi connectivity index (χ0v) is 29.6. The van der Waals surface area contributed by atoms with Crippen LogP contribution in [0.25, 0.3) is 66.4 Å². The SMILES string of the molecule is N#Cc1ccc2c(c1)c1ccccc1n2-c1ccc2c(c1)Oc1cccc(-n3c4ccccc4c4cc(C#N)ccc43)c1C21c2cccnc2-c2ncccc21. The predicted molar refractivity (Wildman–Crippen MR) is 218 cm³/mol. The first-order valence-electron chi connectivity index (χ1n) is 18.4. The van der Waals surface area contributed by atoms with Crippen LogP contribution in [0.4, 0.5) is 0 Å². The van der Waals surface area contributed by atoms with Crippen molar-refractivity contribution in [2.24, 2.45) is 0 Å². The fraction of sp³-hybridized carbons (Fsp3) is 0.0204. The molecule has 56 heavy (non-hydrogen) atoms. The molecule has 10 aromatic rings. The minimum absolute atomic E-state index is 0.615. The summed E-state index contributed by atoms with van der Waals surface area (Å²) >= 11 is 0. The van der Waals surface area contributed by atoms with E-state index in [1.54, 1.807) is 0 Å². The van der Waals surface area contributed by atoms with Gasteiger partial charge in [-0.05, 0) is 90.0 Å². The molecule has 12 rings (SSSR count). The Morgan fingerprint density at radius 1 is 0.482 bits per heavy atom. The molecule has 0 radical (unpaired) electrons. The van der Waals surface area contributed by atoms with E-state index in [1.807, 2.05) is 73.1 Å². The van der Waals surface area contributed by atoms with Crippen LogP contribution in [-0.4, -0.2) is 19.1 Å². The molecule has 7 heteroatoms. The van der Waals surface area contributed by atoms with Gasteiger partial charge in [-0.3, -0.25) is 9.97 Å². The molecule has 1 aliphatic carbocycles. The second kappa shape index (κ2) is 11.0. The molecule has 0 bridgehead atoms. The first-order valence-corrected chi connectivity index (χ1v) is 18.4. The van der Waals surface area contributed by atoms with Gasteiger partial charge < -0.3 is 13.9 Å². The quantitative estimate of drug-likeness (QED) is 0.178. The molecule has 0 fully saturated rings. The third-order valence-corrected chi connectivity index (χ3v) is 11.7. The summed E-state index contributed by atoms with van der Waals surface area (Å²) in [6.07, 6.45) is 3.68. The van der Waals surface area contributed by atoms with E-state index < -0.39 is 5.41 Å². The van der Waals surface area contributed by atoms with Gasteiger partial charge in [0, 0.05) is 56.8 Å². The average Bonchev–Trinajstić information content (AvgIpc) is 3.87. The molecular weight excluding hydrogens is 689 g/mol. The normalized spacial score (nSPS) is 13.2. The van der Waals surface area contributed by atoms with E-state index in [0.29, 0.717) is 11.1 Å². The zero-order valence-electron chi connectivity index (χ0n) is 29.6. The van der Waals surface area contributed by atoms with Crippen molar-refractivity contribution in [2.75, 3.05) is 0 Å². The molecule has 0 unspecified atom stereocenters. The number of nitrogens with zero attached hydrogens (tertiary/aromatic N) is 6. The monoisotopic (exact) mass is 714 g/mol. The van der Waals surface area contributed by atoms with Crippen molar-refractivity contribution >= 4 is 43.6 Å². The van der Waals surface area contributed by atoms with Crippen LogP contribution in [0.1, 0.15) is 33.4 Å². The number of benzene rings is 6. The minimum atomic E-state index is -0.849. The minimum Gasteiger partial charge on any atom is -0.457 e. The van der Waals surface area contributed by atoms with Crippen molar-refractivity contribution < 1.29 is 4.74 Å². The number of rotatable bonds is 2. The fourth-order valence-electron chi connectivity index (χ4n) is 9.59. The van der Waals surface area contributed by atoms with Gasteiger partial charge in [0.1, 0.15) is 11.5 Å². The third kappa shape index (κ3) is 3.78. The largest absolute Gasteiger partial charge is 0.457 e. The summed E-state index contributed by atoms with van der Waals surface area (Å²) in [4.78, 5) is 9.96. The number of ether oxygens (including phenoxy) is 1. The maximum atomic E-state index is 9.88. The third-order valence-electron chi connectivity index (χ3n) is 11.7. The van der Waals surface area contributed by atoms with Crippen LogP contribution in [0, 0.1) is 22.7 Å². The highest BCUT2D eigenvalue weighted by Gasteiger charge is 2.54. The van der Waals surface area contributed by atoms with Crippen LogP contribution >= 0.6 is 0 Å². The lowest BCUT2D eigenvalue weighted by atomic mass is 9.65. The topological polar surface area (TPSA) is 92.5 Å². The summed E-state index contributed by atoms with van der Waals surface area (Å²) in [5.41, 5.74) is 12.1. The van der Waals surface area contributed by atoms with Crippen LogP contribution in [0.3, 0.4) is 0 Å². The van der Waals surface area contributed by atoms with Gasteiger partial charge in [-0.1, -0.05) is 60.7 Å². The fourth-order valence-corrected chi connectivity index (χ4v) is 9.59. The highest BCUT2D eigenvalue weighted by Crippen LogP contribution is 2.63. The van der Waals surface area contributed by atoms with Crippen molar-refractivity contribution in [3.63, 3.8) is 0 Å². The van der Waals surface area contributed by atoms with Crippen LogP contribution in [0.2, 0.25) is 0 Å². The first kappa shape index (κ1) is 30.5. The Hall–Kier alpha value is -8.00. The lowest BCUT2D eigenvalue weighted by Crippen LogP contribution is -2.33. The van der Waals surface area contributed by atoms with Crippen LogP contribution < -0.4 is 4.74 Å². The summed E-state index contributed by atoms with van der Waals surface area (Å²) in [5.74, 6) is 1.47. The molecule has 0 atom stereocenters. The van der Waals surface area contributed by atoms with Crippen LogP contribution in [0.15, 0.2) is 158 Å². The summed E-state index contributed by atoms with van der Waals surface area (Å²) < 4.78 is 11.7. The van der Waals surface area contributed by atoms with Gasteiger partial charge in [0.15, 0.2) is 0 Å². The molecule has 1 spiro atoms. The summed E-state index contributed by atoms with van der Waals surface area (Å²) in [6.45, 7) is 0. The van der Waals surface area contributed by atoms with Gasteiger partial charge in [-0.2, -0.15) is 10.5 Å². The van der Waals surface area contributed by atoms with E-state index in [0.717, 1.165) is 100 Å². The van der Waals surface area contributed by atoms with Gasteiger partial charge in [-0.25, -0.2) is 0 Å². The molecule has 6 aromatic carbocycles. The van der Waals surface area contributed by atoms with E-state index >= 15 is 0 Å². The highest BCUT2D eigenvalue weighted by molar-refractivity contribution is 6.11. The summed E-state index contributed by atoms with van der Waals surface area (Å²) in [5, 5.41) is 23.8. The maximum Gasteiger partial charge on any atom is 0.134 e. The van der Waals surface area contributed by atoms with Crippen molar-refractivity contribution in [1.29, 1.82) is 10.5 Å². The summed E-state index contributed by atoms with van der Waals surface area (Å²) in [7, 11) is 0. The number of fused-ring (bicyclic) bond motifs is 15. The smallest absolute Gasteiger partial charge is 0.134 e. The molecule has 0 amide bonds. The second-order valence-electron chi connectivity index (χ2n) is 14.4. The highest BCUT2D eigenvalue weighted by atomic mass is 16.5. The van der Waals surface area contributed by atoms with E-state index in [1.165, 1.54) is 0 Å². The van der Waals surface area contributed by atoms with E-state index in [4.69, 9.17) is 14.7 Å². The number of hydrogen-bond donors (Lipinski definition) is 0. The van der Waals surface area contributed by atoms with E-state index in [-0.39, 0.29) is 0 Å². The van der Waals surface area contributed by atoms with E-state index in [2.05, 4.69) is 106 Å². The number of aromatic nitrogens is 4. The van der Waals surface area contributed by atoms with Crippen LogP contribution in [0.5, 0.6) is 11.5 Å². The second-order valence-corrected chi connectivity index (χ2v) is 14.4. The molecule has 7 nitrogen and oxygen atoms in total. The molecule has 4 aromatic heterocycles. The Morgan fingerprint density at radius 3 is 1.71 bits per heavy atom.